The van der Waals surface area contributed by atoms with Gasteiger partial charge in [0.15, 0.2) is 10.1 Å². The summed E-state index contributed by atoms with van der Waals surface area (Å²) in [5, 5.41) is 2.99. The lowest BCUT2D eigenvalue weighted by Gasteiger charge is -2.14. The van der Waals surface area contributed by atoms with Crippen LogP contribution in [0.1, 0.15) is 18.3 Å². The van der Waals surface area contributed by atoms with Crippen molar-refractivity contribution in [3.8, 4) is 11.4 Å². The summed E-state index contributed by atoms with van der Waals surface area (Å²) in [7, 11) is 0. The Morgan fingerprint density at radius 2 is 1.85 bits per heavy atom. The van der Waals surface area contributed by atoms with Crippen LogP contribution in [-0.2, 0) is 5.75 Å². The molecule has 0 atom stereocenters. The zero-order valence-corrected chi connectivity index (χ0v) is 19.7. The molecule has 0 saturated heterocycles. The standard InChI is InChI=1S/C24H20N4O3S2/c1-3-31-18-10-8-17(9-11-18)28-22(30)19-6-4-5-7-20(19)26-24(28)33-14-16-12-21(29)27-15(2)13-32-23(27)25-16/h4-13H,3,14H2,1-2H3. The molecule has 33 heavy (non-hydrogen) atoms. The van der Waals surface area contributed by atoms with E-state index < -0.39 is 0 Å². The van der Waals surface area contributed by atoms with Gasteiger partial charge in [0.05, 0.1) is 28.9 Å². The molecule has 0 amide bonds. The predicted octanol–water partition coefficient (Wildman–Crippen LogP) is 4.45. The highest BCUT2D eigenvalue weighted by atomic mass is 32.2. The summed E-state index contributed by atoms with van der Waals surface area (Å²) in [5.74, 6) is 1.14. The first kappa shape index (κ1) is 21.4. The number of para-hydroxylation sites is 1. The van der Waals surface area contributed by atoms with Crippen molar-refractivity contribution in [1.82, 2.24) is 18.9 Å². The number of nitrogens with zero attached hydrogens (tertiary/aromatic N) is 4. The summed E-state index contributed by atoms with van der Waals surface area (Å²) in [5.41, 5.74) is 2.58. The largest absolute Gasteiger partial charge is 0.494 e. The van der Waals surface area contributed by atoms with Gasteiger partial charge >= 0.3 is 0 Å². The number of hydrogen-bond acceptors (Lipinski definition) is 7. The molecule has 0 radical (unpaired) electrons. The third-order valence-corrected chi connectivity index (χ3v) is 7.04. The Labute approximate surface area is 197 Å². The van der Waals surface area contributed by atoms with E-state index in [1.54, 1.807) is 21.1 Å². The SMILES string of the molecule is CCOc1ccc(-n2c(SCc3cc(=O)n4c(C)csc4n3)nc3ccccc3c2=O)cc1. The molecular weight excluding hydrogens is 456 g/mol. The van der Waals surface area contributed by atoms with Crippen LogP contribution in [0.25, 0.3) is 21.6 Å². The third kappa shape index (κ3) is 4.05. The van der Waals surface area contributed by atoms with Crippen LogP contribution < -0.4 is 15.9 Å². The van der Waals surface area contributed by atoms with E-state index in [2.05, 4.69) is 4.98 Å². The number of thiazole rings is 1. The Morgan fingerprint density at radius 1 is 1.06 bits per heavy atom. The van der Waals surface area contributed by atoms with Crippen LogP contribution in [0.2, 0.25) is 0 Å². The van der Waals surface area contributed by atoms with Crippen molar-refractivity contribution >= 4 is 39.0 Å². The van der Waals surface area contributed by atoms with Crippen LogP contribution >= 0.6 is 23.1 Å². The minimum atomic E-state index is -0.148. The molecule has 0 fully saturated rings. The van der Waals surface area contributed by atoms with Gasteiger partial charge < -0.3 is 4.74 Å². The first-order valence-electron chi connectivity index (χ1n) is 10.4. The van der Waals surface area contributed by atoms with Crippen LogP contribution in [0.4, 0.5) is 0 Å². The molecule has 0 unspecified atom stereocenters. The van der Waals surface area contributed by atoms with Crippen molar-refractivity contribution in [1.29, 1.82) is 0 Å². The topological polar surface area (TPSA) is 78.5 Å². The monoisotopic (exact) mass is 476 g/mol. The van der Waals surface area contributed by atoms with E-state index in [9.17, 15) is 9.59 Å². The molecule has 5 rings (SSSR count). The Kier molecular flexibility index (Phi) is 5.74. The first-order chi connectivity index (χ1) is 16.0. The minimum absolute atomic E-state index is 0.107. The Balaban J connectivity index is 1.57. The Hall–Kier alpha value is -3.43. The van der Waals surface area contributed by atoms with Crippen molar-refractivity contribution < 1.29 is 4.74 Å². The van der Waals surface area contributed by atoms with Crippen molar-refractivity contribution in [3.05, 3.63) is 92.1 Å². The lowest BCUT2D eigenvalue weighted by Crippen LogP contribution is -2.22. The molecule has 0 bridgehead atoms. The van der Waals surface area contributed by atoms with Crippen LogP contribution in [0.5, 0.6) is 5.75 Å². The van der Waals surface area contributed by atoms with Crippen molar-refractivity contribution in [2.45, 2.75) is 24.8 Å². The molecule has 0 saturated carbocycles. The Bertz CT molecular complexity index is 1590. The summed E-state index contributed by atoms with van der Waals surface area (Å²) in [6.07, 6.45) is 0. The molecule has 7 nitrogen and oxygen atoms in total. The molecule has 0 N–H and O–H groups in total. The normalized spacial score (nSPS) is 11.3. The lowest BCUT2D eigenvalue weighted by atomic mass is 10.2. The van der Waals surface area contributed by atoms with Crippen molar-refractivity contribution in [2.24, 2.45) is 0 Å². The summed E-state index contributed by atoms with van der Waals surface area (Å²) in [6, 6.07) is 16.2. The van der Waals surface area contributed by atoms with E-state index in [0.717, 1.165) is 11.4 Å². The van der Waals surface area contributed by atoms with Gasteiger partial charge in [0, 0.05) is 22.9 Å². The molecule has 2 aromatic carbocycles. The number of thioether (sulfide) groups is 1. The highest BCUT2D eigenvalue weighted by Gasteiger charge is 2.15. The van der Waals surface area contributed by atoms with E-state index in [1.165, 1.54) is 23.1 Å². The molecule has 5 aromatic rings. The quantitative estimate of drug-likeness (QED) is 0.266. The average Bonchev–Trinajstić information content (AvgIpc) is 3.20. The van der Waals surface area contributed by atoms with E-state index in [1.807, 2.05) is 61.7 Å². The van der Waals surface area contributed by atoms with Crippen LogP contribution in [0, 0.1) is 6.92 Å². The molecule has 9 heteroatoms. The number of benzene rings is 2. The van der Waals surface area contributed by atoms with Gasteiger partial charge in [-0.2, -0.15) is 0 Å². The first-order valence-corrected chi connectivity index (χ1v) is 12.3. The second-order valence-electron chi connectivity index (χ2n) is 7.35. The molecular formula is C24H20N4O3S2. The number of aromatic nitrogens is 4. The summed E-state index contributed by atoms with van der Waals surface area (Å²) in [6.45, 7) is 4.38. The lowest BCUT2D eigenvalue weighted by molar-refractivity contribution is 0.340. The van der Waals surface area contributed by atoms with E-state index in [0.29, 0.717) is 44.8 Å². The zero-order chi connectivity index (χ0) is 22.9. The second-order valence-corrected chi connectivity index (χ2v) is 9.13. The number of aryl methyl sites for hydroxylation is 1. The van der Waals surface area contributed by atoms with Crippen LogP contribution in [0.15, 0.2) is 74.7 Å². The fourth-order valence-electron chi connectivity index (χ4n) is 3.61. The van der Waals surface area contributed by atoms with Gasteiger partial charge in [-0.15, -0.1) is 11.3 Å². The molecule has 3 aromatic heterocycles. The summed E-state index contributed by atoms with van der Waals surface area (Å²) < 4.78 is 8.73. The fraction of sp³-hybridized carbons (Fsp3) is 0.167. The van der Waals surface area contributed by atoms with Crippen molar-refractivity contribution in [2.75, 3.05) is 6.61 Å². The molecule has 0 aliphatic carbocycles. The van der Waals surface area contributed by atoms with Gasteiger partial charge in [0.1, 0.15) is 5.75 Å². The summed E-state index contributed by atoms with van der Waals surface area (Å²) >= 11 is 2.81. The highest BCUT2D eigenvalue weighted by Crippen LogP contribution is 2.25. The predicted molar refractivity (Wildman–Crippen MR) is 132 cm³/mol. The number of fused-ring (bicyclic) bond motifs is 2. The molecule has 0 spiro atoms. The highest BCUT2D eigenvalue weighted by molar-refractivity contribution is 7.98. The van der Waals surface area contributed by atoms with Gasteiger partial charge in [0.25, 0.3) is 11.1 Å². The molecule has 3 heterocycles. The smallest absolute Gasteiger partial charge is 0.266 e. The molecule has 0 aliphatic rings. The van der Waals surface area contributed by atoms with Crippen LogP contribution in [0.3, 0.4) is 0 Å². The maximum atomic E-state index is 13.4. The maximum Gasteiger partial charge on any atom is 0.266 e. The van der Waals surface area contributed by atoms with E-state index in [4.69, 9.17) is 9.72 Å². The molecule has 166 valence electrons. The number of rotatable bonds is 6. The molecule has 0 aliphatic heterocycles. The number of ether oxygens (including phenoxy) is 1. The second kappa shape index (κ2) is 8.84. The Morgan fingerprint density at radius 3 is 2.64 bits per heavy atom. The van der Waals surface area contributed by atoms with Gasteiger partial charge in [-0.1, -0.05) is 23.9 Å². The fourth-order valence-corrected chi connectivity index (χ4v) is 5.40. The van der Waals surface area contributed by atoms with Crippen molar-refractivity contribution in [3.63, 3.8) is 0 Å². The zero-order valence-electron chi connectivity index (χ0n) is 18.0. The van der Waals surface area contributed by atoms with Gasteiger partial charge in [-0.3, -0.25) is 18.6 Å². The summed E-state index contributed by atoms with van der Waals surface area (Å²) in [4.78, 5) is 36.0. The van der Waals surface area contributed by atoms with Gasteiger partial charge in [-0.05, 0) is 50.2 Å². The minimum Gasteiger partial charge on any atom is -0.494 e. The third-order valence-electron chi connectivity index (χ3n) is 5.13. The van der Waals surface area contributed by atoms with E-state index in [-0.39, 0.29) is 11.1 Å². The van der Waals surface area contributed by atoms with Gasteiger partial charge in [0.2, 0.25) is 0 Å². The van der Waals surface area contributed by atoms with Gasteiger partial charge in [-0.25, -0.2) is 9.97 Å². The van der Waals surface area contributed by atoms with Crippen LogP contribution in [-0.4, -0.2) is 25.5 Å². The number of hydrogen-bond donors (Lipinski definition) is 0. The van der Waals surface area contributed by atoms with E-state index >= 15 is 0 Å². The average molecular weight is 477 g/mol. The maximum absolute atomic E-state index is 13.4.